The van der Waals surface area contributed by atoms with Gasteiger partial charge in [-0.05, 0) is 42.3 Å². The molecule has 1 saturated heterocycles. The molecule has 3 rings (SSSR count). The summed E-state index contributed by atoms with van der Waals surface area (Å²) in [6.07, 6.45) is 0.418. The van der Waals surface area contributed by atoms with Crippen LogP contribution >= 0.6 is 0 Å². The molecule has 2 aromatic rings. The minimum absolute atomic E-state index is 0.0954. The zero-order chi connectivity index (χ0) is 21.5. The number of piperazine rings is 1. The summed E-state index contributed by atoms with van der Waals surface area (Å²) in [6, 6.07) is 15.0. The maximum absolute atomic E-state index is 12.6. The lowest BCUT2D eigenvalue weighted by molar-refractivity contribution is -0.132. The van der Waals surface area contributed by atoms with Gasteiger partial charge in [0.25, 0.3) is 0 Å². The van der Waals surface area contributed by atoms with Crippen LogP contribution in [0.2, 0.25) is 0 Å². The van der Waals surface area contributed by atoms with Gasteiger partial charge in [-0.15, -0.1) is 0 Å². The first kappa shape index (κ1) is 21.5. The number of benzene rings is 2. The van der Waals surface area contributed by atoms with Gasteiger partial charge in [0, 0.05) is 44.5 Å². The largest absolute Gasteiger partial charge is 0.340 e. The molecule has 0 aliphatic carbocycles. The van der Waals surface area contributed by atoms with Crippen molar-refractivity contribution >= 4 is 29.1 Å². The fraction of sp³-hybridized carbons (Fsp3) is 0.348. The first-order valence-electron chi connectivity index (χ1n) is 10.1. The number of anilines is 2. The Labute approximate surface area is 177 Å². The molecule has 7 heteroatoms. The Morgan fingerprint density at radius 2 is 1.47 bits per heavy atom. The van der Waals surface area contributed by atoms with E-state index in [2.05, 4.69) is 15.5 Å². The SMILES string of the molecule is CC(=O)Nc1ccc(NC(=O)CN2CCN(C(=O)Cc3ccccc3C)CC2)cc1. The van der Waals surface area contributed by atoms with Crippen molar-refractivity contribution < 1.29 is 14.4 Å². The van der Waals surface area contributed by atoms with Crippen LogP contribution in [0.1, 0.15) is 18.1 Å². The summed E-state index contributed by atoms with van der Waals surface area (Å²) < 4.78 is 0. The van der Waals surface area contributed by atoms with E-state index in [-0.39, 0.29) is 24.3 Å². The number of rotatable bonds is 6. The van der Waals surface area contributed by atoms with Crippen LogP contribution in [0.4, 0.5) is 11.4 Å². The van der Waals surface area contributed by atoms with E-state index >= 15 is 0 Å². The molecule has 0 spiro atoms. The Morgan fingerprint density at radius 1 is 0.867 bits per heavy atom. The fourth-order valence-electron chi connectivity index (χ4n) is 3.48. The normalized spacial score (nSPS) is 14.3. The van der Waals surface area contributed by atoms with E-state index in [1.54, 1.807) is 24.3 Å². The van der Waals surface area contributed by atoms with Crippen molar-refractivity contribution in [2.24, 2.45) is 0 Å². The van der Waals surface area contributed by atoms with Crippen LogP contribution in [0.25, 0.3) is 0 Å². The molecule has 1 aliphatic heterocycles. The molecule has 0 saturated carbocycles. The van der Waals surface area contributed by atoms with Crippen LogP contribution in [-0.4, -0.2) is 60.2 Å². The zero-order valence-electron chi connectivity index (χ0n) is 17.5. The lowest BCUT2D eigenvalue weighted by Crippen LogP contribution is -2.50. The maximum atomic E-state index is 12.6. The molecule has 0 atom stereocenters. The van der Waals surface area contributed by atoms with Crippen LogP contribution in [0.3, 0.4) is 0 Å². The third-order valence-corrected chi connectivity index (χ3v) is 5.18. The predicted octanol–water partition coefficient (Wildman–Crippen LogP) is 2.28. The van der Waals surface area contributed by atoms with Crippen molar-refractivity contribution in [3.63, 3.8) is 0 Å². The minimum atomic E-state index is -0.136. The summed E-state index contributed by atoms with van der Waals surface area (Å²) in [6.45, 7) is 6.36. The highest BCUT2D eigenvalue weighted by Gasteiger charge is 2.22. The van der Waals surface area contributed by atoms with E-state index in [0.717, 1.165) is 11.1 Å². The second kappa shape index (κ2) is 10.0. The summed E-state index contributed by atoms with van der Waals surface area (Å²) >= 11 is 0. The molecule has 1 fully saturated rings. The Balaban J connectivity index is 1.42. The smallest absolute Gasteiger partial charge is 0.238 e. The van der Waals surface area contributed by atoms with Gasteiger partial charge >= 0.3 is 0 Å². The molecule has 7 nitrogen and oxygen atoms in total. The van der Waals surface area contributed by atoms with Crippen molar-refractivity contribution in [1.29, 1.82) is 0 Å². The summed E-state index contributed by atoms with van der Waals surface area (Å²) in [5.74, 6) is -0.0991. The molecule has 0 unspecified atom stereocenters. The number of hydrogen-bond donors (Lipinski definition) is 2. The molecular weight excluding hydrogens is 380 g/mol. The monoisotopic (exact) mass is 408 g/mol. The quantitative estimate of drug-likeness (QED) is 0.768. The van der Waals surface area contributed by atoms with Crippen LogP contribution in [0, 0.1) is 6.92 Å². The zero-order valence-corrected chi connectivity index (χ0v) is 17.5. The number of nitrogens with one attached hydrogen (secondary N) is 2. The van der Waals surface area contributed by atoms with Crippen LogP contribution in [0.15, 0.2) is 48.5 Å². The Bertz CT molecular complexity index is 903. The number of aryl methyl sites for hydroxylation is 1. The van der Waals surface area contributed by atoms with Crippen molar-refractivity contribution in [1.82, 2.24) is 9.80 Å². The molecule has 0 bridgehead atoms. The van der Waals surface area contributed by atoms with Crippen molar-refractivity contribution in [2.45, 2.75) is 20.3 Å². The lowest BCUT2D eigenvalue weighted by atomic mass is 10.1. The fourth-order valence-corrected chi connectivity index (χ4v) is 3.48. The molecule has 0 aromatic heterocycles. The van der Waals surface area contributed by atoms with Gasteiger partial charge in [0.15, 0.2) is 0 Å². The molecule has 30 heavy (non-hydrogen) atoms. The van der Waals surface area contributed by atoms with Crippen LogP contribution in [-0.2, 0) is 20.8 Å². The van der Waals surface area contributed by atoms with E-state index in [1.807, 2.05) is 36.1 Å². The number of hydrogen-bond acceptors (Lipinski definition) is 4. The highest BCUT2D eigenvalue weighted by atomic mass is 16.2. The number of carbonyl (C=O) groups is 3. The summed E-state index contributed by atoms with van der Waals surface area (Å²) in [7, 11) is 0. The van der Waals surface area contributed by atoms with Gasteiger partial charge in [0.05, 0.1) is 13.0 Å². The van der Waals surface area contributed by atoms with E-state index in [0.29, 0.717) is 44.0 Å². The minimum Gasteiger partial charge on any atom is -0.340 e. The molecule has 1 heterocycles. The van der Waals surface area contributed by atoms with Gasteiger partial charge < -0.3 is 15.5 Å². The van der Waals surface area contributed by atoms with E-state index < -0.39 is 0 Å². The maximum Gasteiger partial charge on any atom is 0.238 e. The topological polar surface area (TPSA) is 81.8 Å². The van der Waals surface area contributed by atoms with Gasteiger partial charge in [0.2, 0.25) is 17.7 Å². The van der Waals surface area contributed by atoms with Crippen molar-refractivity contribution in [2.75, 3.05) is 43.4 Å². The average Bonchev–Trinajstić information content (AvgIpc) is 2.71. The lowest BCUT2D eigenvalue weighted by Gasteiger charge is -2.34. The number of carbonyl (C=O) groups excluding carboxylic acids is 3. The van der Waals surface area contributed by atoms with Gasteiger partial charge in [-0.25, -0.2) is 0 Å². The molecule has 158 valence electrons. The Morgan fingerprint density at radius 3 is 2.07 bits per heavy atom. The molecule has 0 radical (unpaired) electrons. The third kappa shape index (κ3) is 6.15. The molecular formula is C23H28N4O3. The van der Waals surface area contributed by atoms with E-state index in [1.165, 1.54) is 6.92 Å². The van der Waals surface area contributed by atoms with Crippen molar-refractivity contribution in [3.05, 3.63) is 59.7 Å². The molecule has 2 N–H and O–H groups in total. The van der Waals surface area contributed by atoms with E-state index in [4.69, 9.17) is 0 Å². The van der Waals surface area contributed by atoms with Gasteiger partial charge in [0.1, 0.15) is 0 Å². The highest BCUT2D eigenvalue weighted by molar-refractivity contribution is 5.93. The third-order valence-electron chi connectivity index (χ3n) is 5.18. The predicted molar refractivity (Wildman–Crippen MR) is 117 cm³/mol. The number of amides is 3. The summed E-state index contributed by atoms with van der Waals surface area (Å²) in [5.41, 5.74) is 3.56. The Kier molecular flexibility index (Phi) is 7.19. The van der Waals surface area contributed by atoms with Crippen LogP contribution < -0.4 is 10.6 Å². The first-order chi connectivity index (χ1) is 14.4. The summed E-state index contributed by atoms with van der Waals surface area (Å²) in [5, 5.41) is 5.56. The highest BCUT2D eigenvalue weighted by Crippen LogP contribution is 2.14. The second-order valence-electron chi connectivity index (χ2n) is 7.57. The van der Waals surface area contributed by atoms with Crippen molar-refractivity contribution in [3.8, 4) is 0 Å². The Hall–Kier alpha value is -3.19. The van der Waals surface area contributed by atoms with Gasteiger partial charge in [-0.2, -0.15) is 0 Å². The number of nitrogens with zero attached hydrogens (tertiary/aromatic N) is 2. The first-order valence-corrected chi connectivity index (χ1v) is 10.1. The van der Waals surface area contributed by atoms with Crippen LogP contribution in [0.5, 0.6) is 0 Å². The second-order valence-corrected chi connectivity index (χ2v) is 7.57. The van der Waals surface area contributed by atoms with Gasteiger partial charge in [-0.3, -0.25) is 19.3 Å². The summed E-state index contributed by atoms with van der Waals surface area (Å²) in [4.78, 5) is 39.9. The molecule has 3 amide bonds. The molecule has 1 aliphatic rings. The average molecular weight is 409 g/mol. The van der Waals surface area contributed by atoms with Gasteiger partial charge in [-0.1, -0.05) is 24.3 Å². The van der Waals surface area contributed by atoms with E-state index in [9.17, 15) is 14.4 Å². The standard InChI is InChI=1S/C23H28N4O3/c1-17-5-3-4-6-19(17)15-23(30)27-13-11-26(12-14-27)16-22(29)25-21-9-7-20(8-10-21)24-18(2)28/h3-10H,11-16H2,1-2H3,(H,24,28)(H,25,29). The molecule has 2 aromatic carbocycles.